The van der Waals surface area contributed by atoms with Gasteiger partial charge in [-0.3, -0.25) is 0 Å². The van der Waals surface area contributed by atoms with Crippen LogP contribution in [-0.2, 0) is 0 Å². The van der Waals surface area contributed by atoms with E-state index >= 15 is 0 Å². The van der Waals surface area contributed by atoms with Crippen molar-refractivity contribution in [2.24, 2.45) is 0 Å². The lowest BCUT2D eigenvalue weighted by molar-refractivity contribution is 0.547. The van der Waals surface area contributed by atoms with E-state index in [0.29, 0.717) is 0 Å². The number of fused-ring (bicyclic) bond motifs is 1. The molecule has 0 radical (unpaired) electrons. The molecule has 0 saturated heterocycles. The first-order valence-corrected chi connectivity index (χ1v) is 6.26. The number of nitrogen functional groups attached to an aromatic ring is 1. The molecule has 0 fully saturated rings. The molecule has 2 rings (SSSR count). The molecule has 4 heteroatoms. The number of hydrogen-bond acceptors (Lipinski definition) is 4. The van der Waals surface area contributed by atoms with Crippen molar-refractivity contribution in [3.05, 3.63) is 18.2 Å². The van der Waals surface area contributed by atoms with E-state index in [9.17, 15) is 0 Å². The molecule has 0 bridgehead atoms. The van der Waals surface area contributed by atoms with Crippen LogP contribution < -0.4 is 11.1 Å². The molecule has 0 aliphatic carbocycles. The Hall–Kier alpha value is -1.29. The van der Waals surface area contributed by atoms with E-state index < -0.39 is 0 Å². The van der Waals surface area contributed by atoms with E-state index in [4.69, 9.17) is 5.73 Å². The standard InChI is InChI=1S/C12H17N3S/c1-4-12(2,3)15-11-14-9-6-5-8(13)7-10(9)16-11/h5-7H,4,13H2,1-3H3,(H,14,15). The minimum atomic E-state index is 0.0828. The molecule has 0 atom stereocenters. The van der Waals surface area contributed by atoms with Gasteiger partial charge in [-0.1, -0.05) is 18.3 Å². The van der Waals surface area contributed by atoms with Crippen molar-refractivity contribution in [2.45, 2.75) is 32.7 Å². The quantitative estimate of drug-likeness (QED) is 0.801. The molecule has 0 amide bonds. The average Bonchev–Trinajstić information content (AvgIpc) is 2.58. The molecule has 2 aromatic rings. The van der Waals surface area contributed by atoms with Crippen molar-refractivity contribution in [3.8, 4) is 0 Å². The highest BCUT2D eigenvalue weighted by atomic mass is 32.1. The Balaban J connectivity index is 2.33. The number of aromatic nitrogens is 1. The summed E-state index contributed by atoms with van der Waals surface area (Å²) in [4.78, 5) is 4.54. The lowest BCUT2D eigenvalue weighted by Crippen LogP contribution is -2.29. The van der Waals surface area contributed by atoms with Gasteiger partial charge in [0.25, 0.3) is 0 Å². The molecule has 86 valence electrons. The van der Waals surface area contributed by atoms with Gasteiger partial charge in [0, 0.05) is 11.2 Å². The first-order valence-electron chi connectivity index (χ1n) is 5.44. The topological polar surface area (TPSA) is 50.9 Å². The molecular weight excluding hydrogens is 218 g/mol. The van der Waals surface area contributed by atoms with Crippen LogP contribution in [0.1, 0.15) is 27.2 Å². The van der Waals surface area contributed by atoms with Gasteiger partial charge in [-0.25, -0.2) is 4.98 Å². The van der Waals surface area contributed by atoms with E-state index in [1.165, 1.54) is 0 Å². The summed E-state index contributed by atoms with van der Waals surface area (Å²) < 4.78 is 1.13. The molecule has 0 unspecified atom stereocenters. The first kappa shape index (κ1) is 11.2. The third-order valence-electron chi connectivity index (χ3n) is 2.74. The highest BCUT2D eigenvalue weighted by Crippen LogP contribution is 2.29. The minimum absolute atomic E-state index is 0.0828. The summed E-state index contributed by atoms with van der Waals surface area (Å²) in [6.45, 7) is 6.51. The zero-order chi connectivity index (χ0) is 11.8. The number of nitrogens with zero attached hydrogens (tertiary/aromatic N) is 1. The summed E-state index contributed by atoms with van der Waals surface area (Å²) in [7, 11) is 0. The third-order valence-corrected chi connectivity index (χ3v) is 3.68. The molecule has 0 spiro atoms. The predicted octanol–water partition coefficient (Wildman–Crippen LogP) is 3.48. The molecule has 3 nitrogen and oxygen atoms in total. The van der Waals surface area contributed by atoms with Crippen molar-refractivity contribution >= 4 is 32.4 Å². The van der Waals surface area contributed by atoms with E-state index in [2.05, 4.69) is 31.1 Å². The Morgan fingerprint density at radius 1 is 1.44 bits per heavy atom. The van der Waals surface area contributed by atoms with Crippen LogP contribution in [0.2, 0.25) is 0 Å². The lowest BCUT2D eigenvalue weighted by atomic mass is 10.0. The number of benzene rings is 1. The summed E-state index contributed by atoms with van der Waals surface area (Å²) in [5, 5.41) is 4.41. The second-order valence-electron chi connectivity index (χ2n) is 4.61. The van der Waals surface area contributed by atoms with Crippen molar-refractivity contribution in [1.29, 1.82) is 0 Å². The second kappa shape index (κ2) is 3.94. The van der Waals surface area contributed by atoms with E-state index in [1.807, 2.05) is 18.2 Å². The zero-order valence-electron chi connectivity index (χ0n) is 9.87. The molecule has 3 N–H and O–H groups in total. The number of anilines is 2. The number of rotatable bonds is 3. The maximum absolute atomic E-state index is 5.75. The van der Waals surface area contributed by atoms with Gasteiger partial charge >= 0.3 is 0 Å². The first-order chi connectivity index (χ1) is 7.50. The van der Waals surface area contributed by atoms with Crippen molar-refractivity contribution < 1.29 is 0 Å². The molecular formula is C12H17N3S. The van der Waals surface area contributed by atoms with Crippen LogP contribution in [0.25, 0.3) is 10.2 Å². The molecule has 1 aromatic heterocycles. The largest absolute Gasteiger partial charge is 0.399 e. The third kappa shape index (κ3) is 2.27. The van der Waals surface area contributed by atoms with Crippen LogP contribution in [-0.4, -0.2) is 10.5 Å². The fourth-order valence-corrected chi connectivity index (χ4v) is 2.47. The minimum Gasteiger partial charge on any atom is -0.399 e. The van der Waals surface area contributed by atoms with Crippen molar-refractivity contribution in [3.63, 3.8) is 0 Å². The number of nitrogens with two attached hydrogens (primary N) is 1. The fourth-order valence-electron chi connectivity index (χ4n) is 1.37. The summed E-state index contributed by atoms with van der Waals surface area (Å²) >= 11 is 1.65. The van der Waals surface area contributed by atoms with Gasteiger partial charge in [0.1, 0.15) is 0 Å². The SMILES string of the molecule is CCC(C)(C)Nc1nc2ccc(N)cc2s1. The van der Waals surface area contributed by atoms with Gasteiger partial charge in [-0.15, -0.1) is 0 Å². The van der Waals surface area contributed by atoms with Crippen LogP contribution >= 0.6 is 11.3 Å². The molecule has 0 aliphatic heterocycles. The summed E-state index contributed by atoms with van der Waals surface area (Å²) in [5.74, 6) is 0. The predicted molar refractivity (Wildman–Crippen MR) is 72.0 cm³/mol. The van der Waals surface area contributed by atoms with Crippen LogP contribution in [0.15, 0.2) is 18.2 Å². The highest BCUT2D eigenvalue weighted by Gasteiger charge is 2.16. The van der Waals surface area contributed by atoms with Crippen molar-refractivity contribution in [2.75, 3.05) is 11.1 Å². The summed E-state index contributed by atoms with van der Waals surface area (Å²) in [6, 6.07) is 5.82. The van der Waals surface area contributed by atoms with Gasteiger partial charge in [-0.2, -0.15) is 0 Å². The summed E-state index contributed by atoms with van der Waals surface area (Å²) in [5.41, 5.74) is 7.63. The summed E-state index contributed by atoms with van der Waals surface area (Å²) in [6.07, 6.45) is 1.06. The van der Waals surface area contributed by atoms with E-state index in [0.717, 1.165) is 27.5 Å². The Labute approximate surface area is 99.7 Å². The maximum Gasteiger partial charge on any atom is 0.184 e. The molecule has 1 aromatic carbocycles. The molecule has 0 aliphatic rings. The van der Waals surface area contributed by atoms with E-state index in [1.54, 1.807) is 11.3 Å². The molecule has 0 saturated carbocycles. The van der Waals surface area contributed by atoms with Gasteiger partial charge in [-0.05, 0) is 38.5 Å². The van der Waals surface area contributed by atoms with Crippen LogP contribution in [0.5, 0.6) is 0 Å². The van der Waals surface area contributed by atoms with Crippen molar-refractivity contribution in [1.82, 2.24) is 4.98 Å². The normalized spacial score (nSPS) is 11.9. The number of hydrogen-bond donors (Lipinski definition) is 2. The molecule has 16 heavy (non-hydrogen) atoms. The maximum atomic E-state index is 5.75. The van der Waals surface area contributed by atoms with Crippen LogP contribution in [0, 0.1) is 0 Å². The second-order valence-corrected chi connectivity index (χ2v) is 5.64. The Bertz CT molecular complexity index is 502. The average molecular weight is 235 g/mol. The number of thiazole rings is 1. The van der Waals surface area contributed by atoms with Gasteiger partial charge in [0.15, 0.2) is 5.13 Å². The smallest absolute Gasteiger partial charge is 0.184 e. The number of nitrogens with one attached hydrogen (secondary N) is 1. The fraction of sp³-hybridized carbons (Fsp3) is 0.417. The van der Waals surface area contributed by atoms with E-state index in [-0.39, 0.29) is 5.54 Å². The highest BCUT2D eigenvalue weighted by molar-refractivity contribution is 7.22. The lowest BCUT2D eigenvalue weighted by Gasteiger charge is -2.23. The zero-order valence-corrected chi connectivity index (χ0v) is 10.7. The Kier molecular flexibility index (Phi) is 2.76. The molecule has 1 heterocycles. The van der Waals surface area contributed by atoms with Gasteiger partial charge in [0.2, 0.25) is 0 Å². The van der Waals surface area contributed by atoms with Crippen LogP contribution in [0.3, 0.4) is 0 Å². The Morgan fingerprint density at radius 2 is 2.19 bits per heavy atom. The monoisotopic (exact) mass is 235 g/mol. The van der Waals surface area contributed by atoms with Crippen LogP contribution in [0.4, 0.5) is 10.8 Å². The van der Waals surface area contributed by atoms with Gasteiger partial charge < -0.3 is 11.1 Å². The van der Waals surface area contributed by atoms with Gasteiger partial charge in [0.05, 0.1) is 10.2 Å². The Morgan fingerprint density at radius 3 is 2.88 bits per heavy atom.